The topological polar surface area (TPSA) is 85.4 Å². The first kappa shape index (κ1) is 20.9. The molecule has 3 saturated heterocycles. The van der Waals surface area contributed by atoms with Crippen molar-refractivity contribution in [2.24, 2.45) is 0 Å². The van der Waals surface area contributed by atoms with E-state index in [2.05, 4.69) is 15.1 Å². The number of carbonyl (C=O) groups is 3. The maximum Gasteiger partial charge on any atom is 0.328 e. The Morgan fingerprint density at radius 2 is 2.07 bits per heavy atom. The second-order valence-corrected chi connectivity index (χ2v) is 8.18. The molecular weight excluding hydrogens is 410 g/mol. The first-order valence-corrected chi connectivity index (χ1v) is 10.5. The van der Waals surface area contributed by atoms with Gasteiger partial charge in [0.1, 0.15) is 25.0 Å². The van der Waals surface area contributed by atoms with Crippen LogP contribution in [-0.2, 0) is 14.3 Å². The van der Waals surface area contributed by atoms with Crippen molar-refractivity contribution in [1.82, 2.24) is 20.0 Å². The summed E-state index contributed by atoms with van der Waals surface area (Å²) < 4.78 is 4.94. The largest absolute Gasteiger partial charge is 0.465 e. The monoisotopic (exact) mass is 435 g/mol. The van der Waals surface area contributed by atoms with E-state index in [-0.39, 0.29) is 25.3 Å². The maximum absolute atomic E-state index is 13.2. The Bertz CT molecular complexity index is 881. The average Bonchev–Trinajstić information content (AvgIpc) is 3.12. The van der Waals surface area contributed by atoms with Crippen molar-refractivity contribution in [3.8, 4) is 0 Å². The van der Waals surface area contributed by atoms with Crippen LogP contribution in [0.5, 0.6) is 0 Å². The van der Waals surface area contributed by atoms with Crippen LogP contribution in [0.3, 0.4) is 0 Å². The van der Waals surface area contributed by atoms with Gasteiger partial charge in [0.2, 0.25) is 0 Å². The van der Waals surface area contributed by atoms with E-state index in [4.69, 9.17) is 16.3 Å². The van der Waals surface area contributed by atoms with Crippen LogP contribution in [0, 0.1) is 6.92 Å². The van der Waals surface area contributed by atoms with Crippen LogP contribution in [0.15, 0.2) is 18.2 Å². The molecule has 30 heavy (non-hydrogen) atoms. The van der Waals surface area contributed by atoms with Crippen molar-refractivity contribution in [3.63, 3.8) is 0 Å². The Balaban J connectivity index is 1.61. The lowest BCUT2D eigenvalue weighted by atomic mass is 10.1. The van der Waals surface area contributed by atoms with Gasteiger partial charge in [0.25, 0.3) is 5.91 Å². The van der Waals surface area contributed by atoms with Gasteiger partial charge in [-0.05, 0) is 38.0 Å². The van der Waals surface area contributed by atoms with Gasteiger partial charge in [-0.15, -0.1) is 0 Å². The number of imide groups is 1. The number of benzene rings is 1. The van der Waals surface area contributed by atoms with E-state index in [0.29, 0.717) is 11.6 Å². The summed E-state index contributed by atoms with van der Waals surface area (Å²) in [4.78, 5) is 44.7. The van der Waals surface area contributed by atoms with Crippen LogP contribution in [-0.4, -0.2) is 84.4 Å². The fourth-order valence-electron chi connectivity index (χ4n) is 4.43. The first-order chi connectivity index (χ1) is 14.3. The number of carbonyl (C=O) groups excluding carboxylic acids is 3. The minimum absolute atomic E-state index is 0.195. The molecule has 3 unspecified atom stereocenters. The van der Waals surface area contributed by atoms with Gasteiger partial charge in [-0.3, -0.25) is 24.7 Å². The first-order valence-electron chi connectivity index (χ1n) is 10.1. The van der Waals surface area contributed by atoms with Crippen LogP contribution >= 0.6 is 11.6 Å². The summed E-state index contributed by atoms with van der Waals surface area (Å²) in [6, 6.07) is 4.83. The number of halogens is 1. The number of fused-ring (bicyclic) bond motifs is 3. The number of ether oxygens (including phenoxy) is 1. The molecule has 0 saturated carbocycles. The third-order valence-corrected chi connectivity index (χ3v) is 6.36. The lowest BCUT2D eigenvalue weighted by Gasteiger charge is -2.43. The molecule has 0 aromatic heterocycles. The number of nitrogens with one attached hydrogen (secondary N) is 1. The van der Waals surface area contributed by atoms with Crippen molar-refractivity contribution in [1.29, 1.82) is 0 Å². The van der Waals surface area contributed by atoms with Crippen molar-refractivity contribution in [2.75, 3.05) is 38.2 Å². The number of hydrogen-bond donors (Lipinski definition) is 1. The Morgan fingerprint density at radius 1 is 1.30 bits per heavy atom. The molecule has 0 spiro atoms. The molecule has 3 aliphatic heterocycles. The highest BCUT2D eigenvalue weighted by molar-refractivity contribution is 6.31. The molecule has 1 aromatic rings. The molecule has 0 radical (unpaired) electrons. The second-order valence-electron chi connectivity index (χ2n) is 7.77. The molecule has 3 atom stereocenters. The van der Waals surface area contributed by atoms with Crippen LogP contribution in [0.2, 0.25) is 5.02 Å². The summed E-state index contributed by atoms with van der Waals surface area (Å²) >= 11 is 6.34. The Kier molecular flexibility index (Phi) is 5.61. The van der Waals surface area contributed by atoms with E-state index in [0.717, 1.165) is 29.1 Å². The molecule has 0 aliphatic carbocycles. The van der Waals surface area contributed by atoms with E-state index in [1.54, 1.807) is 14.0 Å². The van der Waals surface area contributed by atoms with Gasteiger partial charge in [0.05, 0.1) is 6.61 Å². The summed E-state index contributed by atoms with van der Waals surface area (Å²) in [6.45, 7) is 4.95. The average molecular weight is 436 g/mol. The lowest BCUT2D eigenvalue weighted by Crippen LogP contribution is -2.67. The number of likely N-dealkylation sites (N-methyl/N-ethyl adjacent to an activating group) is 1. The molecular formula is C20H26ClN5O4. The third-order valence-electron chi connectivity index (χ3n) is 5.95. The zero-order valence-electron chi connectivity index (χ0n) is 17.3. The fraction of sp³-hybridized carbons (Fsp3) is 0.550. The number of amides is 3. The molecule has 4 rings (SSSR count). The SMILES string of the molecule is CCOC(=O)CN1C(=O)C2C(NC3N(c4ccc(C)c(Cl)c4)CCCN23)N(C)C1=O. The number of hydrogen-bond acceptors (Lipinski definition) is 7. The quantitative estimate of drug-likeness (QED) is 0.711. The number of urea groups is 1. The summed E-state index contributed by atoms with van der Waals surface area (Å²) in [6.07, 6.45) is 0.125. The van der Waals surface area contributed by atoms with Gasteiger partial charge in [-0.2, -0.15) is 0 Å². The number of rotatable bonds is 4. The predicted octanol–water partition coefficient (Wildman–Crippen LogP) is 1.20. The molecule has 10 heteroatoms. The van der Waals surface area contributed by atoms with Crippen LogP contribution in [0.25, 0.3) is 0 Å². The fourth-order valence-corrected chi connectivity index (χ4v) is 4.60. The highest BCUT2D eigenvalue weighted by atomic mass is 35.5. The van der Waals surface area contributed by atoms with Crippen molar-refractivity contribution < 1.29 is 19.1 Å². The maximum atomic E-state index is 13.2. The second kappa shape index (κ2) is 8.05. The van der Waals surface area contributed by atoms with Gasteiger partial charge in [-0.25, -0.2) is 4.79 Å². The molecule has 0 bridgehead atoms. The summed E-state index contributed by atoms with van der Waals surface area (Å²) in [5.74, 6) is -0.974. The normalized spacial score (nSPS) is 26.7. The molecule has 3 aliphatic rings. The molecule has 1 aromatic carbocycles. The molecule has 3 heterocycles. The minimum Gasteiger partial charge on any atom is -0.465 e. The number of anilines is 1. The van der Waals surface area contributed by atoms with Crippen LogP contribution < -0.4 is 10.2 Å². The predicted molar refractivity (Wildman–Crippen MR) is 111 cm³/mol. The van der Waals surface area contributed by atoms with Gasteiger partial charge >= 0.3 is 12.0 Å². The Labute approximate surface area is 180 Å². The van der Waals surface area contributed by atoms with E-state index in [1.165, 1.54) is 4.90 Å². The molecule has 9 nitrogen and oxygen atoms in total. The van der Waals surface area contributed by atoms with Crippen molar-refractivity contribution in [2.45, 2.75) is 38.8 Å². The zero-order chi connectivity index (χ0) is 21.6. The van der Waals surface area contributed by atoms with Gasteiger partial charge < -0.3 is 14.5 Å². The zero-order valence-corrected chi connectivity index (χ0v) is 18.1. The number of nitrogens with zero attached hydrogens (tertiary/aromatic N) is 4. The van der Waals surface area contributed by atoms with Gasteiger partial charge in [0, 0.05) is 30.8 Å². The van der Waals surface area contributed by atoms with Crippen LogP contribution in [0.4, 0.5) is 10.5 Å². The van der Waals surface area contributed by atoms with Crippen molar-refractivity contribution >= 4 is 35.2 Å². The molecule has 3 fully saturated rings. The summed E-state index contributed by atoms with van der Waals surface area (Å²) in [7, 11) is 1.64. The molecule has 1 N–H and O–H groups in total. The Hall–Kier alpha value is -2.36. The van der Waals surface area contributed by atoms with Crippen molar-refractivity contribution in [3.05, 3.63) is 28.8 Å². The third kappa shape index (κ3) is 3.40. The molecule has 162 valence electrons. The van der Waals surface area contributed by atoms with Gasteiger partial charge in [-0.1, -0.05) is 17.7 Å². The highest BCUT2D eigenvalue weighted by Gasteiger charge is 2.56. The van der Waals surface area contributed by atoms with Crippen LogP contribution in [0.1, 0.15) is 18.9 Å². The summed E-state index contributed by atoms with van der Waals surface area (Å²) in [5.41, 5.74) is 1.95. The van der Waals surface area contributed by atoms with E-state index in [9.17, 15) is 14.4 Å². The lowest BCUT2D eigenvalue weighted by molar-refractivity contribution is -0.151. The van der Waals surface area contributed by atoms with Gasteiger partial charge in [0.15, 0.2) is 0 Å². The smallest absolute Gasteiger partial charge is 0.328 e. The number of aryl methyl sites for hydroxylation is 1. The minimum atomic E-state index is -0.594. The van der Waals surface area contributed by atoms with E-state index >= 15 is 0 Å². The van der Waals surface area contributed by atoms with E-state index in [1.807, 2.05) is 25.1 Å². The standard InChI is InChI=1S/C20H26ClN5O4/c1-4-30-15(27)11-26-18(28)16-17(23(3)20(26)29)22-19-24(8-5-9-25(16)19)13-7-6-12(2)14(21)10-13/h6-7,10,16-17,19,22H,4-5,8-9,11H2,1-3H3. The molecule has 3 amide bonds. The number of esters is 1. The Morgan fingerprint density at radius 3 is 2.77 bits per heavy atom. The highest BCUT2D eigenvalue weighted by Crippen LogP contribution is 2.34. The summed E-state index contributed by atoms with van der Waals surface area (Å²) in [5, 5.41) is 4.12. The van der Waals surface area contributed by atoms with E-state index < -0.39 is 24.2 Å².